The van der Waals surface area contributed by atoms with E-state index in [1.807, 2.05) is 33.9 Å². The lowest BCUT2D eigenvalue weighted by Crippen LogP contribution is -2.66. The SMILES string of the molecule is C[Si](C)OC([C@H]1C(=O)N[C@@H]1CC(=O)C(=[N+]=[N-])C(=O)OCc1ccc([N+](=O)[O-])cc1)C(C)(C)C. The first-order valence-electron chi connectivity index (χ1n) is 10.3. The Morgan fingerprint density at radius 2 is 1.88 bits per heavy atom. The minimum atomic E-state index is -1.14. The van der Waals surface area contributed by atoms with Gasteiger partial charge in [-0.2, -0.15) is 4.79 Å². The molecule has 1 radical (unpaired) electrons. The molecule has 1 aromatic rings. The van der Waals surface area contributed by atoms with Crippen LogP contribution in [0.25, 0.3) is 5.53 Å². The summed E-state index contributed by atoms with van der Waals surface area (Å²) in [4.78, 5) is 50.2. The molecule has 33 heavy (non-hydrogen) atoms. The number of carbonyl (C=O) groups is 3. The number of hydrogen-bond donors (Lipinski definition) is 1. The summed E-state index contributed by atoms with van der Waals surface area (Å²) in [6.45, 7) is 9.48. The van der Waals surface area contributed by atoms with Crippen molar-refractivity contribution in [1.82, 2.24) is 5.32 Å². The van der Waals surface area contributed by atoms with Crippen LogP contribution in [0.1, 0.15) is 32.8 Å². The molecule has 0 aromatic heterocycles. The van der Waals surface area contributed by atoms with Crippen molar-refractivity contribution >= 4 is 38.1 Å². The van der Waals surface area contributed by atoms with E-state index >= 15 is 0 Å². The molecule has 11 nitrogen and oxygen atoms in total. The summed E-state index contributed by atoms with van der Waals surface area (Å²) in [6.07, 6.45) is -0.676. The van der Waals surface area contributed by atoms with Crippen LogP contribution in [0.2, 0.25) is 13.1 Å². The minimum Gasteiger partial charge on any atom is -0.452 e. The molecule has 1 aromatic carbocycles. The van der Waals surface area contributed by atoms with Gasteiger partial charge < -0.3 is 20.0 Å². The fourth-order valence-electron chi connectivity index (χ4n) is 3.46. The van der Waals surface area contributed by atoms with Gasteiger partial charge in [0.05, 0.1) is 23.0 Å². The maximum atomic E-state index is 12.6. The monoisotopic (exact) mass is 475 g/mol. The third-order valence-corrected chi connectivity index (χ3v) is 5.81. The summed E-state index contributed by atoms with van der Waals surface area (Å²) in [5.41, 5.74) is 8.41. The van der Waals surface area contributed by atoms with Gasteiger partial charge in [-0.25, -0.2) is 4.79 Å². The molecule has 12 heteroatoms. The van der Waals surface area contributed by atoms with Crippen molar-refractivity contribution in [3.8, 4) is 0 Å². The van der Waals surface area contributed by atoms with Crippen LogP contribution in [0, 0.1) is 21.4 Å². The lowest BCUT2D eigenvalue weighted by atomic mass is 9.72. The molecule has 0 spiro atoms. The number of esters is 1. The third kappa shape index (κ3) is 6.64. The number of Topliss-reactive ketones (excluding diaryl/α,β-unsaturated/α-hetero) is 1. The maximum absolute atomic E-state index is 12.6. The minimum absolute atomic E-state index is 0.119. The number of rotatable bonds is 10. The summed E-state index contributed by atoms with van der Waals surface area (Å²) in [6, 6.07) is 4.74. The zero-order chi connectivity index (χ0) is 24.9. The van der Waals surface area contributed by atoms with Crippen LogP contribution in [0.3, 0.4) is 0 Å². The molecule has 0 saturated carbocycles. The third-order valence-electron chi connectivity index (χ3n) is 5.09. The standard InChI is InChI=1S/C21H27N4O7Si/c1-21(2,3)18(32-33(4)5)16-14(23-19(16)27)10-15(26)17(24-22)20(28)31-11-12-6-8-13(9-7-12)25(29)30/h6-9,14,16,18H,10-11H2,1-5H3,(H,23,27)/t14-,16+,18?/m1/s1. The van der Waals surface area contributed by atoms with Crippen LogP contribution in [-0.4, -0.2) is 54.3 Å². The largest absolute Gasteiger partial charge is 0.452 e. The number of ether oxygens (including phenoxy) is 1. The van der Waals surface area contributed by atoms with Crippen molar-refractivity contribution in [1.29, 1.82) is 0 Å². The van der Waals surface area contributed by atoms with Crippen molar-refractivity contribution in [2.75, 3.05) is 0 Å². The van der Waals surface area contributed by atoms with E-state index in [1.165, 1.54) is 24.3 Å². The molecule has 2 rings (SSSR count). The Morgan fingerprint density at radius 3 is 2.33 bits per heavy atom. The van der Waals surface area contributed by atoms with Gasteiger partial charge in [-0.05, 0) is 36.2 Å². The van der Waals surface area contributed by atoms with Crippen LogP contribution in [-0.2, 0) is 30.2 Å². The number of β-lactam (4-membered cyclic amide) rings is 1. The van der Waals surface area contributed by atoms with E-state index in [9.17, 15) is 30.0 Å². The van der Waals surface area contributed by atoms with Gasteiger partial charge in [-0.1, -0.05) is 20.8 Å². The van der Waals surface area contributed by atoms with Crippen LogP contribution in [0.4, 0.5) is 5.69 Å². The Morgan fingerprint density at radius 1 is 1.27 bits per heavy atom. The molecule has 0 bridgehead atoms. The smallest absolute Gasteiger partial charge is 0.441 e. The number of hydrogen-bond acceptors (Lipinski definition) is 7. The van der Waals surface area contributed by atoms with Crippen molar-refractivity contribution in [3.05, 3.63) is 45.5 Å². The Hall–Kier alpha value is -3.21. The number of nitrogens with zero attached hydrogens (tertiary/aromatic N) is 3. The van der Waals surface area contributed by atoms with Crippen LogP contribution in [0.15, 0.2) is 24.3 Å². The molecule has 1 heterocycles. The van der Waals surface area contributed by atoms with Gasteiger partial charge in [-0.15, -0.1) is 0 Å². The number of amides is 1. The molecular weight excluding hydrogens is 448 g/mol. The topological polar surface area (TPSA) is 161 Å². The highest BCUT2D eigenvalue weighted by Crippen LogP contribution is 2.35. The second-order valence-corrected chi connectivity index (χ2v) is 11.1. The Balaban J connectivity index is 2.03. The Bertz CT molecular complexity index is 981. The lowest BCUT2D eigenvalue weighted by molar-refractivity contribution is -0.384. The summed E-state index contributed by atoms with van der Waals surface area (Å²) >= 11 is 0. The molecule has 1 unspecified atom stereocenters. The van der Waals surface area contributed by atoms with E-state index in [4.69, 9.17) is 9.16 Å². The molecule has 1 aliphatic heterocycles. The van der Waals surface area contributed by atoms with Crippen LogP contribution in [0.5, 0.6) is 0 Å². The zero-order valence-electron chi connectivity index (χ0n) is 19.2. The van der Waals surface area contributed by atoms with Gasteiger partial charge in [0.1, 0.15) is 6.61 Å². The highest BCUT2D eigenvalue weighted by atomic mass is 28.3. The van der Waals surface area contributed by atoms with Crippen molar-refractivity contribution in [2.45, 2.75) is 59.0 Å². The van der Waals surface area contributed by atoms with E-state index in [2.05, 4.69) is 10.1 Å². The molecule has 1 saturated heterocycles. The number of non-ortho nitro benzene ring substituents is 1. The number of nitrogens with one attached hydrogen (secondary N) is 1. The summed E-state index contributed by atoms with van der Waals surface area (Å²) in [7, 11) is -1.13. The van der Waals surface area contributed by atoms with Gasteiger partial charge in [0, 0.05) is 18.6 Å². The van der Waals surface area contributed by atoms with Gasteiger partial charge in [0.25, 0.3) is 11.5 Å². The lowest BCUT2D eigenvalue weighted by Gasteiger charge is -2.46. The van der Waals surface area contributed by atoms with Gasteiger partial charge >= 0.3 is 11.7 Å². The van der Waals surface area contributed by atoms with Crippen molar-refractivity contribution in [3.63, 3.8) is 0 Å². The summed E-state index contributed by atoms with van der Waals surface area (Å²) in [5.74, 6) is -2.74. The number of nitro benzene ring substituents is 1. The fraction of sp³-hybridized carbons (Fsp3) is 0.524. The van der Waals surface area contributed by atoms with E-state index in [-0.39, 0.29) is 30.0 Å². The predicted octanol–water partition coefficient (Wildman–Crippen LogP) is 2.06. The summed E-state index contributed by atoms with van der Waals surface area (Å²) in [5, 5.41) is 13.4. The molecule has 177 valence electrons. The number of nitro groups is 1. The van der Waals surface area contributed by atoms with Gasteiger partial charge in [0.2, 0.25) is 14.9 Å². The Kier molecular flexibility index (Phi) is 8.37. The van der Waals surface area contributed by atoms with Gasteiger partial charge in [-0.3, -0.25) is 19.7 Å². The van der Waals surface area contributed by atoms with Crippen LogP contribution >= 0.6 is 0 Å². The van der Waals surface area contributed by atoms with E-state index in [0.29, 0.717) is 5.56 Å². The molecule has 1 fully saturated rings. The number of benzene rings is 1. The quantitative estimate of drug-likeness (QED) is 0.0623. The predicted molar refractivity (Wildman–Crippen MR) is 118 cm³/mol. The second-order valence-electron chi connectivity index (χ2n) is 9.03. The van der Waals surface area contributed by atoms with Gasteiger partial charge in [0.15, 0.2) is 0 Å². The molecule has 1 aliphatic rings. The van der Waals surface area contributed by atoms with Crippen molar-refractivity contribution in [2.24, 2.45) is 11.3 Å². The first-order chi connectivity index (χ1) is 15.3. The molecule has 1 amide bonds. The first-order valence-corrected chi connectivity index (χ1v) is 12.7. The first kappa shape index (κ1) is 26.0. The molecule has 3 atom stereocenters. The molecular formula is C21H27N4O7Si. The van der Waals surface area contributed by atoms with Crippen molar-refractivity contribution < 1.29 is 33.3 Å². The average Bonchev–Trinajstić information content (AvgIpc) is 2.71. The fourth-order valence-corrected chi connectivity index (χ4v) is 4.47. The molecule has 0 aliphatic carbocycles. The highest BCUT2D eigenvalue weighted by molar-refractivity contribution is 6.62. The van der Waals surface area contributed by atoms with E-state index in [1.54, 1.807) is 0 Å². The van der Waals surface area contributed by atoms with E-state index in [0.717, 1.165) is 0 Å². The summed E-state index contributed by atoms with van der Waals surface area (Å²) < 4.78 is 11.1. The van der Waals surface area contributed by atoms with Crippen LogP contribution < -0.4 is 5.32 Å². The zero-order valence-corrected chi connectivity index (χ0v) is 20.2. The maximum Gasteiger partial charge on any atom is 0.441 e. The average molecular weight is 476 g/mol. The molecule has 1 N–H and O–H groups in total. The normalized spacial score (nSPS) is 18.5. The highest BCUT2D eigenvalue weighted by Gasteiger charge is 2.51. The number of ketones is 1. The second kappa shape index (κ2) is 10.6. The Labute approximate surface area is 192 Å². The van der Waals surface area contributed by atoms with E-state index < -0.39 is 49.5 Å². The number of carbonyl (C=O) groups excluding carboxylic acids is 3.